The summed E-state index contributed by atoms with van der Waals surface area (Å²) < 4.78 is 10.7. The summed E-state index contributed by atoms with van der Waals surface area (Å²) in [5, 5.41) is 9.36. The van der Waals surface area contributed by atoms with Crippen LogP contribution in [0.1, 0.15) is 31.9 Å². The van der Waals surface area contributed by atoms with Crippen LogP contribution in [0.3, 0.4) is 0 Å². The van der Waals surface area contributed by atoms with E-state index in [-0.39, 0.29) is 6.10 Å². The maximum absolute atomic E-state index is 9.36. The molecular weight excluding hydrogens is 204 g/mol. The van der Waals surface area contributed by atoms with Gasteiger partial charge in [-0.1, -0.05) is 12.1 Å². The molecule has 0 saturated carbocycles. The molecule has 0 aliphatic rings. The van der Waals surface area contributed by atoms with Gasteiger partial charge in [0.25, 0.3) is 0 Å². The molecule has 0 aromatic heterocycles. The molecular formula is C13H20O3. The van der Waals surface area contributed by atoms with Crippen LogP contribution < -0.4 is 4.74 Å². The Morgan fingerprint density at radius 1 is 1.19 bits per heavy atom. The van der Waals surface area contributed by atoms with Crippen molar-refractivity contribution in [3.8, 4) is 5.75 Å². The quantitative estimate of drug-likeness (QED) is 0.807. The normalized spacial score (nSPS) is 14.5. The highest BCUT2D eigenvalue weighted by Crippen LogP contribution is 2.18. The minimum absolute atomic E-state index is 0.136. The van der Waals surface area contributed by atoms with Gasteiger partial charge in [0.15, 0.2) is 0 Å². The average Bonchev–Trinajstić information content (AvgIpc) is 2.27. The number of methoxy groups -OCH3 is 1. The third-order valence-corrected chi connectivity index (χ3v) is 2.43. The highest BCUT2D eigenvalue weighted by molar-refractivity contribution is 5.28. The van der Waals surface area contributed by atoms with Gasteiger partial charge in [-0.25, -0.2) is 0 Å². The van der Waals surface area contributed by atoms with Crippen molar-refractivity contribution in [2.45, 2.75) is 32.5 Å². The van der Waals surface area contributed by atoms with Crippen LogP contribution in [0.4, 0.5) is 0 Å². The number of ether oxygens (including phenoxy) is 2. The Balaban J connectivity index is 2.48. The van der Waals surface area contributed by atoms with Gasteiger partial charge in [0.1, 0.15) is 5.75 Å². The summed E-state index contributed by atoms with van der Waals surface area (Å²) in [6, 6.07) is 7.52. The first kappa shape index (κ1) is 13.0. The molecule has 3 heteroatoms. The lowest BCUT2D eigenvalue weighted by Crippen LogP contribution is -2.14. The number of rotatable bonds is 6. The van der Waals surface area contributed by atoms with Gasteiger partial charge in [-0.3, -0.25) is 0 Å². The Morgan fingerprint density at radius 3 is 2.31 bits per heavy atom. The molecule has 0 bridgehead atoms. The van der Waals surface area contributed by atoms with Gasteiger partial charge in [-0.2, -0.15) is 0 Å². The number of hydrogen-bond donors (Lipinski definition) is 1. The molecule has 0 saturated heterocycles. The molecule has 3 nitrogen and oxygen atoms in total. The molecule has 2 unspecified atom stereocenters. The third-order valence-electron chi connectivity index (χ3n) is 2.43. The molecule has 1 aromatic rings. The van der Waals surface area contributed by atoms with E-state index in [0.29, 0.717) is 6.61 Å². The third kappa shape index (κ3) is 4.21. The Labute approximate surface area is 97.0 Å². The maximum atomic E-state index is 9.36. The lowest BCUT2D eigenvalue weighted by Gasteiger charge is -2.14. The lowest BCUT2D eigenvalue weighted by atomic mass is 10.1. The molecule has 90 valence electrons. The van der Waals surface area contributed by atoms with E-state index in [1.807, 2.05) is 31.2 Å². The van der Waals surface area contributed by atoms with Crippen molar-refractivity contribution < 1.29 is 14.6 Å². The van der Waals surface area contributed by atoms with Crippen LogP contribution >= 0.6 is 0 Å². The standard InChI is InChI=1S/C13H20O3/c1-10(8-9-15-3)16-13-6-4-12(5-7-13)11(2)14/h4-7,10-11,14H,8-9H2,1-3H3. The van der Waals surface area contributed by atoms with Gasteiger partial charge < -0.3 is 14.6 Å². The van der Waals surface area contributed by atoms with E-state index in [0.717, 1.165) is 17.7 Å². The molecule has 1 N–H and O–H groups in total. The first-order valence-corrected chi connectivity index (χ1v) is 5.57. The van der Waals surface area contributed by atoms with Crippen LogP contribution in [0.2, 0.25) is 0 Å². The maximum Gasteiger partial charge on any atom is 0.119 e. The Morgan fingerprint density at radius 2 is 1.81 bits per heavy atom. The van der Waals surface area contributed by atoms with Crippen molar-refractivity contribution in [2.24, 2.45) is 0 Å². The van der Waals surface area contributed by atoms with Gasteiger partial charge in [0.05, 0.1) is 12.2 Å². The van der Waals surface area contributed by atoms with Gasteiger partial charge in [-0.05, 0) is 31.5 Å². The van der Waals surface area contributed by atoms with Gasteiger partial charge in [0.2, 0.25) is 0 Å². The fraction of sp³-hybridized carbons (Fsp3) is 0.538. The first-order chi connectivity index (χ1) is 7.63. The second-order valence-corrected chi connectivity index (χ2v) is 3.95. The fourth-order valence-corrected chi connectivity index (χ4v) is 1.40. The van der Waals surface area contributed by atoms with Crippen molar-refractivity contribution >= 4 is 0 Å². The second kappa shape index (κ2) is 6.51. The summed E-state index contributed by atoms with van der Waals surface area (Å²) in [6.07, 6.45) is 0.576. The van der Waals surface area contributed by atoms with Crippen LogP contribution in [-0.2, 0) is 4.74 Å². The lowest BCUT2D eigenvalue weighted by molar-refractivity contribution is 0.135. The van der Waals surface area contributed by atoms with Crippen molar-refractivity contribution in [3.05, 3.63) is 29.8 Å². The second-order valence-electron chi connectivity index (χ2n) is 3.95. The minimum atomic E-state index is -0.431. The zero-order chi connectivity index (χ0) is 12.0. The van der Waals surface area contributed by atoms with Gasteiger partial charge in [-0.15, -0.1) is 0 Å². The molecule has 2 atom stereocenters. The van der Waals surface area contributed by atoms with Crippen LogP contribution in [0.5, 0.6) is 5.75 Å². The van der Waals surface area contributed by atoms with Gasteiger partial charge in [0, 0.05) is 20.1 Å². The van der Waals surface area contributed by atoms with E-state index in [4.69, 9.17) is 9.47 Å². The van der Waals surface area contributed by atoms with Crippen LogP contribution in [0.25, 0.3) is 0 Å². The summed E-state index contributed by atoms with van der Waals surface area (Å²) in [5.41, 5.74) is 0.900. The Kier molecular flexibility index (Phi) is 5.29. The molecule has 0 amide bonds. The highest BCUT2D eigenvalue weighted by Gasteiger charge is 2.05. The SMILES string of the molecule is COCCC(C)Oc1ccc(C(C)O)cc1. The Hall–Kier alpha value is -1.06. The Bertz CT molecular complexity index is 293. The molecule has 1 aromatic carbocycles. The van der Waals surface area contributed by atoms with Crippen LogP contribution in [-0.4, -0.2) is 24.9 Å². The van der Waals surface area contributed by atoms with E-state index in [1.165, 1.54) is 0 Å². The van der Waals surface area contributed by atoms with Crippen molar-refractivity contribution in [3.63, 3.8) is 0 Å². The number of aliphatic hydroxyl groups excluding tert-OH is 1. The highest BCUT2D eigenvalue weighted by atomic mass is 16.5. The van der Waals surface area contributed by atoms with Crippen LogP contribution in [0.15, 0.2) is 24.3 Å². The molecule has 0 aliphatic heterocycles. The summed E-state index contributed by atoms with van der Waals surface area (Å²) in [6.45, 7) is 4.46. The number of hydrogen-bond acceptors (Lipinski definition) is 3. The predicted molar refractivity (Wildman–Crippen MR) is 63.7 cm³/mol. The predicted octanol–water partition coefficient (Wildman–Crippen LogP) is 2.54. The summed E-state index contributed by atoms with van der Waals surface area (Å²) in [5.74, 6) is 0.827. The molecule has 0 heterocycles. The average molecular weight is 224 g/mol. The molecule has 0 fully saturated rings. The van der Waals surface area contributed by atoms with Crippen molar-refractivity contribution in [2.75, 3.05) is 13.7 Å². The van der Waals surface area contributed by atoms with E-state index in [2.05, 4.69) is 0 Å². The monoisotopic (exact) mass is 224 g/mol. The molecule has 0 aliphatic carbocycles. The molecule has 0 spiro atoms. The van der Waals surface area contributed by atoms with Gasteiger partial charge >= 0.3 is 0 Å². The van der Waals surface area contributed by atoms with E-state index < -0.39 is 6.10 Å². The zero-order valence-corrected chi connectivity index (χ0v) is 10.1. The smallest absolute Gasteiger partial charge is 0.119 e. The van der Waals surface area contributed by atoms with Crippen molar-refractivity contribution in [1.82, 2.24) is 0 Å². The largest absolute Gasteiger partial charge is 0.491 e. The molecule has 0 radical (unpaired) electrons. The zero-order valence-electron chi connectivity index (χ0n) is 10.1. The number of aliphatic hydroxyl groups is 1. The summed E-state index contributed by atoms with van der Waals surface area (Å²) in [7, 11) is 1.68. The molecule has 16 heavy (non-hydrogen) atoms. The first-order valence-electron chi connectivity index (χ1n) is 5.57. The van der Waals surface area contributed by atoms with Crippen molar-refractivity contribution in [1.29, 1.82) is 0 Å². The topological polar surface area (TPSA) is 38.7 Å². The van der Waals surface area contributed by atoms with E-state index >= 15 is 0 Å². The summed E-state index contributed by atoms with van der Waals surface area (Å²) in [4.78, 5) is 0. The number of benzene rings is 1. The summed E-state index contributed by atoms with van der Waals surface area (Å²) >= 11 is 0. The fourth-order valence-electron chi connectivity index (χ4n) is 1.40. The minimum Gasteiger partial charge on any atom is -0.491 e. The van der Waals surface area contributed by atoms with E-state index in [1.54, 1.807) is 14.0 Å². The molecule has 1 rings (SSSR count). The van der Waals surface area contributed by atoms with E-state index in [9.17, 15) is 5.11 Å². The van der Waals surface area contributed by atoms with Crippen LogP contribution in [0, 0.1) is 0 Å².